The number of rotatable bonds is 11. The van der Waals surface area contributed by atoms with Gasteiger partial charge in [0.2, 0.25) is 0 Å². The second kappa shape index (κ2) is 33.3. The van der Waals surface area contributed by atoms with Crippen LogP contribution >= 0.6 is 48.8 Å². The van der Waals surface area contributed by atoms with Gasteiger partial charge in [-0.1, -0.05) is 0 Å². The number of carbonyl (C=O) groups is 3. The van der Waals surface area contributed by atoms with Crippen LogP contribution in [0.5, 0.6) is 0 Å². The van der Waals surface area contributed by atoms with Crippen molar-refractivity contribution in [1.82, 2.24) is 70.1 Å². The highest BCUT2D eigenvalue weighted by Gasteiger charge is 2.42. The Labute approximate surface area is 471 Å². The molecule has 9 heterocycles. The van der Waals surface area contributed by atoms with Crippen LogP contribution in [0.1, 0.15) is 69.6 Å². The molecule has 6 aliphatic heterocycles. The topological polar surface area (TPSA) is 178 Å². The van der Waals surface area contributed by atoms with Gasteiger partial charge >= 0.3 is 0 Å². The van der Waals surface area contributed by atoms with Crippen molar-refractivity contribution >= 4 is 65.9 Å². The van der Waals surface area contributed by atoms with Gasteiger partial charge in [0.15, 0.2) is 0 Å². The number of likely N-dealkylation sites (tertiary alicyclic amines) is 2. The minimum Gasteiger partial charge on any atom is -0.350 e. The van der Waals surface area contributed by atoms with Gasteiger partial charge in [-0.05, 0) is 161 Å². The van der Waals surface area contributed by atoms with E-state index in [1.807, 2.05) is 0 Å². The molecule has 0 saturated carbocycles. The molecule has 0 bridgehead atoms. The Morgan fingerprint density at radius 1 is 0.467 bits per heavy atom. The summed E-state index contributed by atoms with van der Waals surface area (Å²) < 4.78 is 0. The van der Waals surface area contributed by atoms with Crippen molar-refractivity contribution in [1.29, 1.82) is 0 Å². The third kappa shape index (κ3) is 19.9. The highest BCUT2D eigenvalue weighted by atomic mass is 35.5. The van der Waals surface area contributed by atoms with Crippen LogP contribution in [-0.2, 0) is 0 Å². The first-order chi connectivity index (χ1) is 34.7. The number of pyridine rings is 3. The summed E-state index contributed by atoms with van der Waals surface area (Å²) in [6.45, 7) is 22.4. The summed E-state index contributed by atoms with van der Waals surface area (Å²) >= 11 is 5.14. The van der Waals surface area contributed by atoms with Gasteiger partial charge in [0.1, 0.15) is 0 Å². The first-order valence-electron chi connectivity index (χ1n) is 26.3. The maximum Gasteiger partial charge on any atom is 0.252 e. The monoisotopic (exact) mass is 1120 g/mol. The molecule has 0 aromatic carbocycles. The van der Waals surface area contributed by atoms with Crippen molar-refractivity contribution in [2.24, 2.45) is 5.73 Å². The summed E-state index contributed by atoms with van der Waals surface area (Å²) in [5, 5.41) is 9.36. The van der Waals surface area contributed by atoms with Crippen molar-refractivity contribution in [3.8, 4) is 0 Å². The smallest absolute Gasteiger partial charge is 0.252 e. The Bertz CT molecular complexity index is 2050. The number of nitrogens with zero attached hydrogens (tertiary/aromatic N) is 11. The number of hydrogen-bond acceptors (Lipinski definition) is 16. The molecule has 9 rings (SSSR count). The largest absolute Gasteiger partial charge is 0.350 e. The lowest BCUT2D eigenvalue weighted by atomic mass is 9.84. The Hall–Kier alpha value is -3.18. The number of carbonyl (C=O) groups excluding carboxylic acids is 3. The van der Waals surface area contributed by atoms with Gasteiger partial charge in [-0.3, -0.25) is 44.0 Å². The minimum absolute atomic E-state index is 0. The number of aromatic nitrogens is 3. The number of nitrogens with one attached hydrogen (secondary N) is 3. The fourth-order valence-corrected chi connectivity index (χ4v) is 11.0. The van der Waals surface area contributed by atoms with Crippen molar-refractivity contribution in [3.05, 3.63) is 90.3 Å². The van der Waals surface area contributed by atoms with Gasteiger partial charge in [0.05, 0.1) is 0 Å². The zero-order chi connectivity index (χ0) is 51.4. The van der Waals surface area contributed by atoms with Crippen LogP contribution < -0.4 is 21.7 Å². The Morgan fingerprint density at radius 3 is 1.05 bits per heavy atom. The fraction of sp³-hybridized carbons (Fsp3) is 0.660. The average Bonchev–Trinajstić information content (AvgIpc) is 3.42. The van der Waals surface area contributed by atoms with Crippen LogP contribution in [0.2, 0.25) is 0 Å². The summed E-state index contributed by atoms with van der Waals surface area (Å²) in [6, 6.07) is 10.2. The Kier molecular flexibility index (Phi) is 29.3. The predicted octanol–water partition coefficient (Wildman–Crippen LogP) is 3.09. The molecule has 3 aromatic heterocycles. The third-order valence-electron chi connectivity index (χ3n) is 16.2. The van der Waals surface area contributed by atoms with Crippen LogP contribution in [0.3, 0.4) is 0 Å². The van der Waals surface area contributed by atoms with Crippen LogP contribution in [-0.4, -0.2) is 261 Å². The predicted molar refractivity (Wildman–Crippen MR) is 309 cm³/mol. The molecule has 5 N–H and O–H groups in total. The van der Waals surface area contributed by atoms with Crippen LogP contribution in [0, 0.1) is 0 Å². The molecule has 6 fully saturated rings. The molecule has 0 aliphatic carbocycles. The van der Waals surface area contributed by atoms with Gasteiger partial charge in [0, 0.05) is 169 Å². The van der Waals surface area contributed by atoms with Gasteiger partial charge in [-0.2, -0.15) is 0 Å². The molecule has 0 atom stereocenters. The zero-order valence-corrected chi connectivity index (χ0v) is 48.5. The van der Waals surface area contributed by atoms with Crippen molar-refractivity contribution in [2.45, 2.75) is 55.1 Å². The van der Waals surface area contributed by atoms with Crippen molar-refractivity contribution in [3.63, 3.8) is 0 Å². The SMILES string of the molecule is CN1CCN(C2(CN)CCN(C)CC2)CC1.CN1CCN(C2(CNC(=O)c3ccncc3)CCN(C)CC2)CC1.CN1CCN(C2(CNC(=O)c3ccncc3)CCNCC2)CC1.Cl.Cl.Cl.O=C(Cl)c1ccncc1. The molecule has 18 nitrogen and oxygen atoms in total. The van der Waals surface area contributed by atoms with Crippen molar-refractivity contribution in [2.75, 3.05) is 173 Å². The van der Waals surface area contributed by atoms with Crippen molar-refractivity contribution < 1.29 is 14.4 Å². The molecule has 22 heteroatoms. The minimum atomic E-state index is -0.447. The van der Waals surface area contributed by atoms with Gasteiger partial charge in [-0.25, -0.2) is 0 Å². The van der Waals surface area contributed by atoms with E-state index in [4.69, 9.17) is 17.3 Å². The van der Waals surface area contributed by atoms with E-state index in [0.717, 1.165) is 124 Å². The number of nitrogens with two attached hydrogens (primary N) is 1. The van der Waals surface area contributed by atoms with E-state index >= 15 is 0 Å². The zero-order valence-electron chi connectivity index (χ0n) is 45.3. The average molecular weight is 1130 g/mol. The number of piperidine rings is 3. The molecule has 6 aliphatic rings. The van der Waals surface area contributed by atoms with E-state index in [0.29, 0.717) is 22.2 Å². The molecule has 2 amide bonds. The van der Waals surface area contributed by atoms with Crippen LogP contribution in [0.15, 0.2) is 73.6 Å². The second-order valence-electron chi connectivity index (χ2n) is 21.0. The van der Waals surface area contributed by atoms with E-state index < -0.39 is 5.24 Å². The second-order valence-corrected chi connectivity index (χ2v) is 21.3. The Balaban J connectivity index is 0.000000272. The maximum absolute atomic E-state index is 12.5. The Morgan fingerprint density at radius 2 is 0.747 bits per heavy atom. The summed E-state index contributed by atoms with van der Waals surface area (Å²) in [4.78, 5) is 66.7. The normalized spacial score (nSPS) is 21.7. The molecular weight excluding hydrogens is 1040 g/mol. The summed E-state index contributed by atoms with van der Waals surface area (Å²) in [5.74, 6) is 0.00395. The van der Waals surface area contributed by atoms with Crippen LogP contribution in [0.4, 0.5) is 0 Å². The lowest BCUT2D eigenvalue weighted by Gasteiger charge is -2.51. The molecule has 6 saturated heterocycles. The first-order valence-corrected chi connectivity index (χ1v) is 26.7. The third-order valence-corrected chi connectivity index (χ3v) is 16.4. The van der Waals surface area contributed by atoms with Gasteiger partial charge < -0.3 is 46.2 Å². The highest BCUT2D eigenvalue weighted by molar-refractivity contribution is 6.67. The van der Waals surface area contributed by atoms with E-state index in [1.165, 1.54) is 64.5 Å². The number of likely N-dealkylation sites (N-methyl/N-ethyl adjacent to an activating group) is 3. The number of amides is 2. The summed E-state index contributed by atoms with van der Waals surface area (Å²) in [6.07, 6.45) is 16.6. The summed E-state index contributed by atoms with van der Waals surface area (Å²) in [7, 11) is 11.0. The highest BCUT2D eigenvalue weighted by Crippen LogP contribution is 2.31. The van der Waals surface area contributed by atoms with Gasteiger partial charge in [0.25, 0.3) is 17.1 Å². The number of piperazine rings is 3. The molecule has 0 spiro atoms. The maximum atomic E-state index is 12.5. The first kappa shape index (κ1) is 66.1. The van der Waals surface area contributed by atoms with E-state index in [1.54, 1.807) is 61.2 Å². The lowest BCUT2D eigenvalue weighted by Crippen LogP contribution is -2.64. The van der Waals surface area contributed by atoms with E-state index in [2.05, 4.69) is 105 Å². The molecule has 0 unspecified atom stereocenters. The molecule has 422 valence electrons. The van der Waals surface area contributed by atoms with E-state index in [-0.39, 0.29) is 60.1 Å². The van der Waals surface area contributed by atoms with Crippen LogP contribution in [0.25, 0.3) is 0 Å². The molecular formula is C53H89Cl4N15O3. The standard InChI is InChI=1S/C18H29N5O.C17H27N5O.C12H26N4.C6H4ClNO.3ClH/c1-21-9-5-18(6-10-21,23-13-11-22(2)12-14-23)15-20-17(24)16-3-7-19-8-4-16;1-21-10-12-22(13-11-21)17(4-8-19-9-5-17)14-20-16(23)15-2-6-18-7-3-15;1-14-5-3-12(11-13,4-6-14)16-9-7-15(2)8-10-16;7-6(9)5-1-3-8-4-2-5;;;/h3-4,7-8H,5-6,9-15H2,1-2H3,(H,20,24);2-3,6-7,19H,4-5,8-14H2,1H3,(H,20,23);3-11,13H2,1-2H3;1-4H;3*1H. The summed E-state index contributed by atoms with van der Waals surface area (Å²) in [5.41, 5.74) is 8.41. The molecule has 3 aromatic rings. The number of halogens is 4. The lowest BCUT2D eigenvalue weighted by molar-refractivity contribution is -0.000856. The van der Waals surface area contributed by atoms with E-state index in [9.17, 15) is 14.4 Å². The van der Waals surface area contributed by atoms with Gasteiger partial charge in [-0.15, -0.1) is 37.2 Å². The molecule has 0 radical (unpaired) electrons. The molecule has 75 heavy (non-hydrogen) atoms. The fourth-order valence-electron chi connectivity index (χ4n) is 10.8. The number of hydrogen-bond donors (Lipinski definition) is 4. The quantitative estimate of drug-likeness (QED) is 0.206.